The van der Waals surface area contributed by atoms with E-state index in [2.05, 4.69) is 10.6 Å². The van der Waals surface area contributed by atoms with Crippen LogP contribution in [0.4, 0.5) is 16.2 Å². The summed E-state index contributed by atoms with van der Waals surface area (Å²) in [5, 5.41) is 5.55. The summed E-state index contributed by atoms with van der Waals surface area (Å²) in [5.74, 6) is -0.580. The van der Waals surface area contributed by atoms with Crippen LogP contribution in [0.2, 0.25) is 0 Å². The molecule has 0 fully saturated rings. The lowest BCUT2D eigenvalue weighted by molar-refractivity contribution is -0.128. The summed E-state index contributed by atoms with van der Waals surface area (Å²) in [6.07, 6.45) is -0.409. The van der Waals surface area contributed by atoms with Gasteiger partial charge in [0.25, 0.3) is 5.91 Å². The first-order chi connectivity index (χ1) is 17.8. The van der Waals surface area contributed by atoms with Gasteiger partial charge in [-0.05, 0) is 50.5 Å². The molecule has 4 rings (SSSR count). The molecule has 1 atom stereocenters. The molecule has 0 saturated heterocycles. The van der Waals surface area contributed by atoms with Gasteiger partial charge in [-0.1, -0.05) is 74.5 Å². The first kappa shape index (κ1) is 25.8. The van der Waals surface area contributed by atoms with Crippen molar-refractivity contribution in [2.24, 2.45) is 4.99 Å². The van der Waals surface area contributed by atoms with E-state index in [1.165, 1.54) is 6.92 Å². The van der Waals surface area contributed by atoms with Crippen molar-refractivity contribution in [3.05, 3.63) is 95.6 Å². The third-order valence-corrected chi connectivity index (χ3v) is 6.96. The first-order valence-corrected chi connectivity index (χ1v) is 12.5. The Morgan fingerprint density at radius 1 is 0.946 bits per heavy atom. The highest BCUT2D eigenvalue weighted by atomic mass is 16.2. The zero-order valence-corrected chi connectivity index (χ0v) is 21.6. The zero-order chi connectivity index (χ0) is 26.6. The molecule has 37 heavy (non-hydrogen) atoms. The number of aryl methyl sites for hydroxylation is 1. The lowest BCUT2D eigenvalue weighted by Crippen LogP contribution is -2.60. The molecule has 0 radical (unpaired) electrons. The average molecular weight is 497 g/mol. The number of carbonyl (C=O) groups excluding carboxylic acids is 3. The molecular formula is C30H32N4O3. The van der Waals surface area contributed by atoms with Crippen LogP contribution in [-0.4, -0.2) is 35.1 Å². The number of Topliss-reactive ketones (excluding diaryl/α,β-unsaturated/α-hetero) is 1. The van der Waals surface area contributed by atoms with Gasteiger partial charge in [0, 0.05) is 16.8 Å². The van der Waals surface area contributed by atoms with E-state index in [4.69, 9.17) is 4.99 Å². The molecule has 3 aromatic rings. The van der Waals surface area contributed by atoms with E-state index >= 15 is 0 Å². The number of nitrogens with zero attached hydrogens (tertiary/aromatic N) is 2. The van der Waals surface area contributed by atoms with E-state index < -0.39 is 23.6 Å². The number of urea groups is 1. The number of amides is 3. The lowest BCUT2D eigenvalue weighted by Gasteiger charge is -2.42. The highest BCUT2D eigenvalue weighted by Gasteiger charge is 2.46. The smallest absolute Gasteiger partial charge is 0.308 e. The van der Waals surface area contributed by atoms with Crippen LogP contribution in [-0.2, 0) is 9.59 Å². The number of hydrogen-bond acceptors (Lipinski definition) is 4. The Kier molecular flexibility index (Phi) is 7.53. The summed E-state index contributed by atoms with van der Waals surface area (Å²) < 4.78 is 0. The molecule has 0 aromatic heterocycles. The fraction of sp³-hybridized carbons (Fsp3) is 0.267. The molecule has 2 N–H and O–H groups in total. The van der Waals surface area contributed by atoms with E-state index in [9.17, 15) is 14.4 Å². The third-order valence-electron chi connectivity index (χ3n) is 6.96. The van der Waals surface area contributed by atoms with Crippen LogP contribution in [0.3, 0.4) is 0 Å². The number of ketones is 1. The van der Waals surface area contributed by atoms with Crippen molar-refractivity contribution in [3.8, 4) is 0 Å². The topological polar surface area (TPSA) is 90.9 Å². The zero-order valence-electron chi connectivity index (χ0n) is 21.6. The Balaban J connectivity index is 1.85. The first-order valence-electron chi connectivity index (χ1n) is 12.5. The number of anilines is 2. The summed E-state index contributed by atoms with van der Waals surface area (Å²) in [4.78, 5) is 46.8. The molecular weight excluding hydrogens is 464 g/mol. The maximum atomic E-state index is 14.2. The van der Waals surface area contributed by atoms with Crippen molar-refractivity contribution >= 4 is 34.8 Å². The van der Waals surface area contributed by atoms with Crippen molar-refractivity contribution in [2.45, 2.75) is 52.2 Å². The number of carbonyl (C=O) groups is 3. The van der Waals surface area contributed by atoms with Crippen molar-refractivity contribution in [2.75, 3.05) is 10.2 Å². The largest absolute Gasteiger partial charge is 0.321 e. The van der Waals surface area contributed by atoms with E-state index in [-0.39, 0.29) is 5.78 Å². The SMILES string of the molecule is CCC(CC)(C(C)=O)N1C(=O)C(NC(=O)Nc2cccc(C)c2)N=C(c2ccccc2)c2ccccc21. The van der Waals surface area contributed by atoms with Crippen molar-refractivity contribution < 1.29 is 14.4 Å². The molecule has 7 heteroatoms. The van der Waals surface area contributed by atoms with Crippen LogP contribution in [0.5, 0.6) is 0 Å². The Hall–Kier alpha value is -4.26. The monoisotopic (exact) mass is 496 g/mol. The van der Waals surface area contributed by atoms with Crippen molar-refractivity contribution in [3.63, 3.8) is 0 Å². The highest BCUT2D eigenvalue weighted by molar-refractivity contribution is 6.21. The molecule has 0 saturated carbocycles. The van der Waals surface area contributed by atoms with Gasteiger partial charge in [0.1, 0.15) is 5.54 Å². The fourth-order valence-corrected chi connectivity index (χ4v) is 4.96. The van der Waals surface area contributed by atoms with E-state index in [0.29, 0.717) is 29.9 Å². The molecule has 0 aliphatic carbocycles. The van der Waals surface area contributed by atoms with E-state index in [0.717, 1.165) is 16.7 Å². The molecule has 0 spiro atoms. The second-order valence-electron chi connectivity index (χ2n) is 9.20. The maximum absolute atomic E-state index is 14.2. The molecule has 190 valence electrons. The summed E-state index contributed by atoms with van der Waals surface area (Å²) in [7, 11) is 0. The third kappa shape index (κ3) is 5.03. The normalized spacial score (nSPS) is 15.4. The lowest BCUT2D eigenvalue weighted by atomic mass is 9.85. The molecule has 7 nitrogen and oxygen atoms in total. The van der Waals surface area contributed by atoms with Crippen LogP contribution < -0.4 is 15.5 Å². The minimum absolute atomic E-state index is 0.119. The molecule has 1 aliphatic heterocycles. The average Bonchev–Trinajstić information content (AvgIpc) is 3.01. The van der Waals surface area contributed by atoms with Gasteiger partial charge in [-0.2, -0.15) is 0 Å². The predicted octanol–water partition coefficient (Wildman–Crippen LogP) is 5.47. The second kappa shape index (κ2) is 10.8. The van der Waals surface area contributed by atoms with Gasteiger partial charge < -0.3 is 10.6 Å². The number of rotatable bonds is 7. The maximum Gasteiger partial charge on any atom is 0.321 e. The number of fused-ring (bicyclic) bond motifs is 1. The van der Waals surface area contributed by atoms with E-state index in [1.54, 1.807) is 11.0 Å². The van der Waals surface area contributed by atoms with Crippen LogP contribution in [0, 0.1) is 6.92 Å². The minimum atomic E-state index is -1.25. The van der Waals surface area contributed by atoms with Crippen LogP contribution in [0.1, 0.15) is 50.3 Å². The molecule has 1 unspecified atom stereocenters. The van der Waals surface area contributed by atoms with Gasteiger partial charge in [0.2, 0.25) is 6.17 Å². The predicted molar refractivity (Wildman–Crippen MR) is 147 cm³/mol. The van der Waals surface area contributed by atoms with E-state index in [1.807, 2.05) is 93.6 Å². The molecule has 1 aliphatic rings. The Morgan fingerprint density at radius 2 is 1.62 bits per heavy atom. The number of nitrogens with one attached hydrogen (secondary N) is 2. The standard InChI is InChI=1S/C30H32N4O3/c1-5-30(6-2,21(4)35)34-25-18-11-10-17-24(25)26(22-14-8-7-9-15-22)32-27(28(34)36)33-29(37)31-23-16-12-13-20(3)19-23/h7-19,27H,5-6H2,1-4H3,(H2,31,33,37). The Bertz CT molecular complexity index is 1350. The number of benzene rings is 3. The molecule has 0 bridgehead atoms. The van der Waals surface area contributed by atoms with Crippen molar-refractivity contribution in [1.82, 2.24) is 5.32 Å². The van der Waals surface area contributed by atoms with Crippen LogP contribution in [0.25, 0.3) is 0 Å². The number of hydrogen-bond donors (Lipinski definition) is 2. The van der Waals surface area contributed by atoms with Crippen LogP contribution in [0.15, 0.2) is 83.9 Å². The number of aliphatic imine (C=N–C) groups is 1. The van der Waals surface area contributed by atoms with Crippen molar-refractivity contribution in [1.29, 1.82) is 0 Å². The molecule has 1 heterocycles. The molecule has 3 amide bonds. The minimum Gasteiger partial charge on any atom is -0.308 e. The highest BCUT2D eigenvalue weighted by Crippen LogP contribution is 2.37. The van der Waals surface area contributed by atoms with Gasteiger partial charge in [0.05, 0.1) is 11.4 Å². The second-order valence-corrected chi connectivity index (χ2v) is 9.20. The van der Waals surface area contributed by atoms with Gasteiger partial charge in [-0.15, -0.1) is 0 Å². The van der Waals surface area contributed by atoms with Gasteiger partial charge in [-0.3, -0.25) is 14.5 Å². The summed E-state index contributed by atoms with van der Waals surface area (Å²) in [5.41, 5.74) is 3.20. The number of benzodiazepines with no additional fused rings is 1. The number of para-hydroxylation sites is 1. The van der Waals surface area contributed by atoms with Gasteiger partial charge >= 0.3 is 6.03 Å². The Labute approximate surface area is 217 Å². The Morgan fingerprint density at radius 3 is 2.27 bits per heavy atom. The van der Waals surface area contributed by atoms with Gasteiger partial charge in [-0.25, -0.2) is 9.79 Å². The molecule has 3 aromatic carbocycles. The van der Waals surface area contributed by atoms with Crippen LogP contribution >= 0.6 is 0 Å². The van der Waals surface area contributed by atoms with Gasteiger partial charge in [0.15, 0.2) is 5.78 Å². The summed E-state index contributed by atoms with van der Waals surface area (Å²) in [6, 6.07) is 23.8. The summed E-state index contributed by atoms with van der Waals surface area (Å²) in [6.45, 7) is 7.25. The fourth-order valence-electron chi connectivity index (χ4n) is 4.96. The quantitative estimate of drug-likeness (QED) is 0.454. The summed E-state index contributed by atoms with van der Waals surface area (Å²) >= 11 is 0.